The molecule has 3 aromatic rings. The summed E-state index contributed by atoms with van der Waals surface area (Å²) in [5.41, 5.74) is 5.22. The zero-order chi connectivity index (χ0) is 20.6. The van der Waals surface area contributed by atoms with E-state index in [1.165, 1.54) is 5.56 Å². The van der Waals surface area contributed by atoms with E-state index in [2.05, 4.69) is 45.0 Å². The highest BCUT2D eigenvalue weighted by molar-refractivity contribution is 5.78. The number of carbonyl (C=O) groups excluding carboxylic acids is 1. The second-order valence-electron chi connectivity index (χ2n) is 7.15. The lowest BCUT2D eigenvalue weighted by Crippen LogP contribution is -2.30. The average molecular weight is 390 g/mol. The van der Waals surface area contributed by atoms with Gasteiger partial charge in [-0.15, -0.1) is 0 Å². The molecule has 0 aliphatic rings. The van der Waals surface area contributed by atoms with Crippen LogP contribution in [0.15, 0.2) is 54.6 Å². The highest BCUT2D eigenvalue weighted by atomic mass is 16.1. The van der Waals surface area contributed by atoms with Crippen LogP contribution in [0.2, 0.25) is 0 Å². The lowest BCUT2D eigenvalue weighted by atomic mass is 10.1. The first kappa shape index (κ1) is 20.3. The second-order valence-corrected chi connectivity index (χ2v) is 7.15. The van der Waals surface area contributed by atoms with E-state index in [0.717, 1.165) is 28.3 Å². The van der Waals surface area contributed by atoms with Gasteiger partial charge < -0.3 is 16.0 Å². The van der Waals surface area contributed by atoms with Gasteiger partial charge in [0.2, 0.25) is 11.9 Å². The number of hydrogen-bond acceptors (Lipinski definition) is 5. The van der Waals surface area contributed by atoms with Crippen LogP contribution in [0.25, 0.3) is 0 Å². The van der Waals surface area contributed by atoms with E-state index in [4.69, 9.17) is 0 Å². The summed E-state index contributed by atoms with van der Waals surface area (Å²) in [6.07, 6.45) is 0.382. The Morgan fingerprint density at radius 3 is 2.45 bits per heavy atom. The van der Waals surface area contributed by atoms with Gasteiger partial charge in [0.15, 0.2) is 0 Å². The van der Waals surface area contributed by atoms with Crippen LogP contribution in [-0.2, 0) is 11.2 Å². The molecule has 0 atom stereocenters. The first-order chi connectivity index (χ1) is 14.0. The van der Waals surface area contributed by atoms with Crippen molar-refractivity contribution in [1.82, 2.24) is 15.3 Å². The quantitative estimate of drug-likeness (QED) is 0.509. The Hall–Kier alpha value is -3.41. The predicted octanol–water partition coefficient (Wildman–Crippen LogP) is 3.92. The van der Waals surface area contributed by atoms with Crippen molar-refractivity contribution in [2.24, 2.45) is 0 Å². The molecule has 0 spiro atoms. The maximum absolute atomic E-state index is 12.1. The first-order valence-electron chi connectivity index (χ1n) is 9.73. The van der Waals surface area contributed by atoms with E-state index in [1.54, 1.807) is 0 Å². The molecule has 6 nitrogen and oxygen atoms in total. The molecule has 29 heavy (non-hydrogen) atoms. The summed E-state index contributed by atoms with van der Waals surface area (Å²) in [4.78, 5) is 21.0. The van der Waals surface area contributed by atoms with Gasteiger partial charge in [0.25, 0.3) is 0 Å². The minimum Gasteiger partial charge on any atom is -0.354 e. The van der Waals surface area contributed by atoms with E-state index in [0.29, 0.717) is 25.5 Å². The molecule has 0 saturated carbocycles. The molecular weight excluding hydrogens is 362 g/mol. The van der Waals surface area contributed by atoms with Gasteiger partial charge in [-0.05, 0) is 38.5 Å². The highest BCUT2D eigenvalue weighted by Crippen LogP contribution is 2.17. The fourth-order valence-corrected chi connectivity index (χ4v) is 2.94. The predicted molar refractivity (Wildman–Crippen MR) is 118 cm³/mol. The molecule has 3 N–H and O–H groups in total. The molecule has 0 bridgehead atoms. The normalized spacial score (nSPS) is 10.4. The van der Waals surface area contributed by atoms with E-state index in [1.807, 2.05) is 56.3 Å². The van der Waals surface area contributed by atoms with Crippen molar-refractivity contribution in [1.29, 1.82) is 0 Å². The summed E-state index contributed by atoms with van der Waals surface area (Å²) >= 11 is 0. The molecule has 0 aliphatic heterocycles. The molecule has 0 radical (unpaired) electrons. The number of hydrogen-bond donors (Lipinski definition) is 3. The number of benzene rings is 2. The van der Waals surface area contributed by atoms with E-state index in [9.17, 15) is 4.79 Å². The Kier molecular flexibility index (Phi) is 6.79. The van der Waals surface area contributed by atoms with Crippen LogP contribution < -0.4 is 16.0 Å². The maximum Gasteiger partial charge on any atom is 0.224 e. The van der Waals surface area contributed by atoms with Crippen LogP contribution >= 0.6 is 0 Å². The van der Waals surface area contributed by atoms with Crippen LogP contribution in [0.4, 0.5) is 17.5 Å². The second kappa shape index (κ2) is 9.68. The molecule has 1 amide bonds. The summed E-state index contributed by atoms with van der Waals surface area (Å²) < 4.78 is 0. The van der Waals surface area contributed by atoms with Gasteiger partial charge in [-0.1, -0.05) is 47.5 Å². The highest BCUT2D eigenvalue weighted by Gasteiger charge is 2.05. The monoisotopic (exact) mass is 389 g/mol. The molecule has 2 aromatic carbocycles. The minimum absolute atomic E-state index is 0.00397. The summed E-state index contributed by atoms with van der Waals surface area (Å²) in [6, 6.07) is 18.0. The van der Waals surface area contributed by atoms with E-state index < -0.39 is 0 Å². The number of nitrogens with zero attached hydrogens (tertiary/aromatic N) is 2. The number of rotatable bonds is 8. The summed E-state index contributed by atoms with van der Waals surface area (Å²) in [5, 5.41) is 9.39. The fourth-order valence-electron chi connectivity index (χ4n) is 2.94. The lowest BCUT2D eigenvalue weighted by molar-refractivity contribution is -0.120. The lowest BCUT2D eigenvalue weighted by Gasteiger charge is -2.11. The first-order valence-corrected chi connectivity index (χ1v) is 9.73. The van der Waals surface area contributed by atoms with Gasteiger partial charge >= 0.3 is 0 Å². The van der Waals surface area contributed by atoms with E-state index in [-0.39, 0.29) is 5.91 Å². The van der Waals surface area contributed by atoms with Crippen molar-refractivity contribution < 1.29 is 4.79 Å². The Balaban J connectivity index is 1.48. The molecule has 0 fully saturated rings. The van der Waals surface area contributed by atoms with E-state index >= 15 is 0 Å². The number of anilines is 3. The number of aryl methyl sites for hydroxylation is 3. The van der Waals surface area contributed by atoms with Crippen molar-refractivity contribution >= 4 is 23.4 Å². The van der Waals surface area contributed by atoms with Crippen LogP contribution in [0, 0.1) is 20.8 Å². The number of amides is 1. The van der Waals surface area contributed by atoms with Crippen molar-refractivity contribution in [3.05, 3.63) is 77.0 Å². The molecule has 0 saturated heterocycles. The molecule has 150 valence electrons. The van der Waals surface area contributed by atoms with Crippen LogP contribution in [0.3, 0.4) is 0 Å². The summed E-state index contributed by atoms with van der Waals surface area (Å²) in [7, 11) is 0. The molecule has 6 heteroatoms. The summed E-state index contributed by atoms with van der Waals surface area (Å²) in [6.45, 7) is 7.06. The standard InChI is InChI=1S/C23H27N5O/c1-16-7-9-20(10-8-16)27-21-14-18(3)26-23(28-21)25-12-11-24-22(29)15-19-6-4-5-17(2)13-19/h4-10,13-14H,11-12,15H2,1-3H3,(H,24,29)(H2,25,26,27,28). The fraction of sp³-hybridized carbons (Fsp3) is 0.261. The Morgan fingerprint density at radius 2 is 1.69 bits per heavy atom. The van der Waals surface area contributed by atoms with Crippen LogP contribution in [-0.4, -0.2) is 29.0 Å². The zero-order valence-electron chi connectivity index (χ0n) is 17.1. The third-order valence-corrected chi connectivity index (χ3v) is 4.36. The Labute approximate surface area is 171 Å². The SMILES string of the molecule is Cc1ccc(Nc2cc(C)nc(NCCNC(=O)Cc3cccc(C)c3)n2)cc1. The third-order valence-electron chi connectivity index (χ3n) is 4.36. The third kappa shape index (κ3) is 6.60. The van der Waals surface area contributed by atoms with Crippen molar-refractivity contribution in [2.75, 3.05) is 23.7 Å². The molecule has 1 aromatic heterocycles. The molecule has 1 heterocycles. The van der Waals surface area contributed by atoms with Gasteiger partial charge in [-0.25, -0.2) is 4.98 Å². The van der Waals surface area contributed by atoms with Crippen LogP contribution in [0.5, 0.6) is 0 Å². The Bertz CT molecular complexity index is 969. The van der Waals surface area contributed by atoms with Gasteiger partial charge in [0, 0.05) is 30.5 Å². The molecular formula is C23H27N5O. The Morgan fingerprint density at radius 1 is 0.897 bits per heavy atom. The van der Waals surface area contributed by atoms with Crippen molar-refractivity contribution in [3.63, 3.8) is 0 Å². The largest absolute Gasteiger partial charge is 0.354 e. The molecule has 3 rings (SSSR count). The van der Waals surface area contributed by atoms with Gasteiger partial charge in [0.1, 0.15) is 5.82 Å². The smallest absolute Gasteiger partial charge is 0.224 e. The summed E-state index contributed by atoms with van der Waals surface area (Å²) in [5.74, 6) is 1.27. The van der Waals surface area contributed by atoms with Gasteiger partial charge in [0.05, 0.1) is 6.42 Å². The van der Waals surface area contributed by atoms with Crippen molar-refractivity contribution in [3.8, 4) is 0 Å². The molecule has 0 unspecified atom stereocenters. The maximum atomic E-state index is 12.1. The van der Waals surface area contributed by atoms with Gasteiger partial charge in [-0.2, -0.15) is 4.98 Å². The van der Waals surface area contributed by atoms with Gasteiger partial charge in [-0.3, -0.25) is 4.79 Å². The zero-order valence-corrected chi connectivity index (χ0v) is 17.1. The molecule has 0 aliphatic carbocycles. The number of carbonyl (C=O) groups is 1. The average Bonchev–Trinajstić information content (AvgIpc) is 2.67. The topological polar surface area (TPSA) is 78.9 Å². The number of nitrogens with one attached hydrogen (secondary N) is 3. The number of aromatic nitrogens is 2. The van der Waals surface area contributed by atoms with Crippen molar-refractivity contribution in [2.45, 2.75) is 27.2 Å². The van der Waals surface area contributed by atoms with Crippen LogP contribution in [0.1, 0.15) is 22.4 Å². The minimum atomic E-state index is 0.00397.